The van der Waals surface area contributed by atoms with Gasteiger partial charge in [0.1, 0.15) is 4.21 Å². The van der Waals surface area contributed by atoms with E-state index in [0.29, 0.717) is 32.4 Å². The summed E-state index contributed by atoms with van der Waals surface area (Å²) < 4.78 is 27.5. The molecule has 1 aliphatic rings. The molecule has 12 heteroatoms. The van der Waals surface area contributed by atoms with Gasteiger partial charge in [-0.05, 0) is 55.0 Å². The van der Waals surface area contributed by atoms with Crippen LogP contribution in [0.15, 0.2) is 63.8 Å². The van der Waals surface area contributed by atoms with Gasteiger partial charge in [0.05, 0.1) is 21.2 Å². The van der Waals surface area contributed by atoms with Crippen LogP contribution in [0.4, 0.5) is 11.4 Å². The molecular formula is C21H14ClN5O4S2. The number of nitriles is 1. The maximum absolute atomic E-state index is 12.8. The number of fused-ring (bicyclic) bond motifs is 1. The molecule has 1 aliphatic heterocycles. The minimum Gasteiger partial charge on any atom is -0.325 e. The lowest BCUT2D eigenvalue weighted by Gasteiger charge is -2.18. The van der Waals surface area contributed by atoms with E-state index < -0.39 is 21.8 Å². The van der Waals surface area contributed by atoms with Crippen molar-refractivity contribution in [3.63, 3.8) is 0 Å². The van der Waals surface area contributed by atoms with Crippen LogP contribution in [0.1, 0.15) is 26.3 Å². The van der Waals surface area contributed by atoms with Crippen LogP contribution in [-0.2, 0) is 10.0 Å². The number of nitrogens with one attached hydrogen (secondary N) is 2. The van der Waals surface area contributed by atoms with Gasteiger partial charge in [-0.1, -0.05) is 23.7 Å². The Hall–Kier alpha value is -3.72. The van der Waals surface area contributed by atoms with Crippen LogP contribution in [0.25, 0.3) is 0 Å². The fraction of sp³-hybridized carbons (Fsp3) is 0.0476. The Balaban J connectivity index is 1.58. The molecule has 0 atom stereocenters. The summed E-state index contributed by atoms with van der Waals surface area (Å²) in [6.45, 7) is 1.70. The van der Waals surface area contributed by atoms with Crippen LogP contribution in [0.3, 0.4) is 0 Å². The average molecular weight is 500 g/mol. The van der Waals surface area contributed by atoms with E-state index >= 15 is 0 Å². The number of hydrogen-bond donors (Lipinski definition) is 2. The summed E-state index contributed by atoms with van der Waals surface area (Å²) in [5.41, 5.74) is 2.00. The second-order valence-electron chi connectivity index (χ2n) is 6.84. The number of guanidine groups is 1. The van der Waals surface area contributed by atoms with E-state index in [1.807, 2.05) is 0 Å². The van der Waals surface area contributed by atoms with Gasteiger partial charge in [-0.2, -0.15) is 5.26 Å². The molecular weight excluding hydrogens is 486 g/mol. The smallest absolute Gasteiger partial charge is 0.273 e. The van der Waals surface area contributed by atoms with Gasteiger partial charge in [0.15, 0.2) is 0 Å². The third-order valence-electron chi connectivity index (χ3n) is 4.70. The number of sulfonamides is 1. The number of amides is 2. The Kier molecular flexibility index (Phi) is 5.90. The van der Waals surface area contributed by atoms with Crippen LogP contribution < -0.4 is 14.9 Å². The minimum absolute atomic E-state index is 0.0444. The van der Waals surface area contributed by atoms with E-state index in [1.165, 1.54) is 24.4 Å². The number of carbonyl (C=O) groups excluding carboxylic acids is 2. The molecule has 0 unspecified atom stereocenters. The van der Waals surface area contributed by atoms with Gasteiger partial charge in [-0.15, -0.1) is 16.3 Å². The van der Waals surface area contributed by atoms with Crippen molar-refractivity contribution in [1.29, 1.82) is 5.26 Å². The number of nitrogens with zero attached hydrogens (tertiary/aromatic N) is 3. The van der Waals surface area contributed by atoms with Crippen LogP contribution in [0, 0.1) is 18.4 Å². The molecule has 4 rings (SSSR count). The van der Waals surface area contributed by atoms with E-state index in [1.54, 1.807) is 43.3 Å². The summed E-state index contributed by atoms with van der Waals surface area (Å²) in [5.74, 6) is -1.17. The first kappa shape index (κ1) is 22.5. The molecule has 9 nitrogen and oxygen atoms in total. The largest absolute Gasteiger partial charge is 0.325 e. The Morgan fingerprint density at radius 1 is 1.09 bits per heavy atom. The zero-order valence-electron chi connectivity index (χ0n) is 16.9. The predicted molar refractivity (Wildman–Crippen MR) is 125 cm³/mol. The minimum atomic E-state index is -4.02. The average Bonchev–Trinajstić information content (AvgIpc) is 3.31. The second-order valence-corrected chi connectivity index (χ2v) is 10.5. The van der Waals surface area contributed by atoms with Crippen molar-refractivity contribution in [1.82, 2.24) is 4.72 Å². The molecule has 1 aromatic heterocycles. The number of thiophene rings is 1. The Labute approximate surface area is 198 Å². The molecule has 2 amide bonds. The SMILES string of the molecule is Cc1cc(N/C(=N\C#N)NS(=O)(=O)c2ccc(Cl)s2)ccc1N1C(=O)c2ccccc2C1=O. The number of aryl methyl sites for hydroxylation is 1. The Morgan fingerprint density at radius 2 is 1.76 bits per heavy atom. The number of aliphatic imine (C=N–C) groups is 1. The van der Waals surface area contributed by atoms with Gasteiger partial charge in [-0.3, -0.25) is 9.59 Å². The lowest BCUT2D eigenvalue weighted by Crippen LogP contribution is -2.35. The molecule has 3 aromatic rings. The first-order chi connectivity index (χ1) is 15.7. The van der Waals surface area contributed by atoms with E-state index in [0.717, 1.165) is 16.2 Å². The van der Waals surface area contributed by atoms with Gasteiger partial charge in [-0.25, -0.2) is 18.0 Å². The quantitative estimate of drug-likeness (QED) is 0.243. The van der Waals surface area contributed by atoms with E-state index in [9.17, 15) is 18.0 Å². The summed E-state index contributed by atoms with van der Waals surface area (Å²) in [7, 11) is -4.02. The molecule has 2 aromatic carbocycles. The van der Waals surface area contributed by atoms with Gasteiger partial charge in [0, 0.05) is 5.69 Å². The zero-order chi connectivity index (χ0) is 23.8. The second kappa shape index (κ2) is 8.67. The highest BCUT2D eigenvalue weighted by molar-refractivity contribution is 7.92. The van der Waals surface area contributed by atoms with Crippen LogP contribution in [0.2, 0.25) is 4.34 Å². The van der Waals surface area contributed by atoms with Gasteiger partial charge >= 0.3 is 0 Å². The molecule has 0 saturated carbocycles. The third kappa shape index (κ3) is 4.31. The number of anilines is 2. The number of benzene rings is 2. The zero-order valence-corrected chi connectivity index (χ0v) is 19.3. The molecule has 0 fully saturated rings. The monoisotopic (exact) mass is 499 g/mol. The fourth-order valence-corrected chi connectivity index (χ4v) is 5.72. The van der Waals surface area contributed by atoms with E-state index in [2.05, 4.69) is 15.0 Å². The number of hydrogen-bond acceptors (Lipinski definition) is 7. The van der Waals surface area contributed by atoms with Gasteiger partial charge < -0.3 is 5.32 Å². The van der Waals surface area contributed by atoms with Crippen molar-refractivity contribution in [2.75, 3.05) is 10.2 Å². The third-order valence-corrected chi connectivity index (χ3v) is 7.76. The summed E-state index contributed by atoms with van der Waals surface area (Å²) in [6.07, 6.45) is 1.54. The standard InChI is InChI=1S/C21H14ClN5O4S2/c1-12-10-13(25-21(24-11-23)26-33(30,31)18-9-8-17(22)32-18)6-7-16(12)27-19(28)14-4-2-3-5-15(14)20(27)29/h2-10H,1H3,(H2,24,25,26). The highest BCUT2D eigenvalue weighted by atomic mass is 35.5. The summed E-state index contributed by atoms with van der Waals surface area (Å²) >= 11 is 6.66. The first-order valence-corrected chi connectivity index (χ1v) is 12.0. The van der Waals surface area contributed by atoms with Crippen molar-refractivity contribution in [3.05, 3.63) is 75.6 Å². The maximum atomic E-state index is 12.8. The molecule has 33 heavy (non-hydrogen) atoms. The number of carbonyl (C=O) groups is 2. The molecule has 0 aliphatic carbocycles. The highest BCUT2D eigenvalue weighted by Gasteiger charge is 2.36. The summed E-state index contributed by atoms with van der Waals surface area (Å²) in [5, 5.41) is 11.7. The molecule has 2 N–H and O–H groups in total. The lowest BCUT2D eigenvalue weighted by atomic mass is 10.1. The predicted octanol–water partition coefficient (Wildman–Crippen LogP) is 3.74. The fourth-order valence-electron chi connectivity index (χ4n) is 3.27. The molecule has 166 valence electrons. The highest BCUT2D eigenvalue weighted by Crippen LogP contribution is 2.32. The van der Waals surface area contributed by atoms with Gasteiger partial charge in [0.2, 0.25) is 12.2 Å². The van der Waals surface area contributed by atoms with Crippen molar-refractivity contribution in [2.45, 2.75) is 11.1 Å². The van der Waals surface area contributed by atoms with Crippen LogP contribution in [-0.4, -0.2) is 26.2 Å². The van der Waals surface area contributed by atoms with Gasteiger partial charge in [0.25, 0.3) is 21.8 Å². The van der Waals surface area contributed by atoms with Crippen molar-refractivity contribution in [2.24, 2.45) is 4.99 Å². The normalized spacial score (nSPS) is 13.6. The molecule has 0 spiro atoms. The summed E-state index contributed by atoms with van der Waals surface area (Å²) in [6, 6.07) is 14.0. The number of rotatable bonds is 4. The van der Waals surface area contributed by atoms with Crippen LogP contribution in [0.5, 0.6) is 0 Å². The Morgan fingerprint density at radius 3 is 2.30 bits per heavy atom. The van der Waals surface area contributed by atoms with E-state index in [-0.39, 0.29) is 10.2 Å². The maximum Gasteiger partial charge on any atom is 0.273 e. The van der Waals surface area contributed by atoms with Crippen molar-refractivity contribution >= 4 is 62.1 Å². The molecule has 0 saturated heterocycles. The van der Waals surface area contributed by atoms with Crippen LogP contribution >= 0.6 is 22.9 Å². The number of imide groups is 1. The molecule has 0 radical (unpaired) electrons. The topological polar surface area (TPSA) is 132 Å². The van der Waals surface area contributed by atoms with Crippen molar-refractivity contribution < 1.29 is 18.0 Å². The van der Waals surface area contributed by atoms with E-state index in [4.69, 9.17) is 16.9 Å². The first-order valence-electron chi connectivity index (χ1n) is 9.31. The molecule has 0 bridgehead atoms. The van der Waals surface area contributed by atoms with Crippen molar-refractivity contribution in [3.8, 4) is 6.19 Å². The molecule has 2 heterocycles. The Bertz CT molecular complexity index is 1440. The summed E-state index contributed by atoms with van der Waals surface area (Å²) in [4.78, 5) is 30.1. The lowest BCUT2D eigenvalue weighted by molar-refractivity contribution is 0.0926. The number of halogens is 1.